The molecule has 1 unspecified atom stereocenters. The molecule has 1 atom stereocenters. The molecule has 0 bridgehead atoms. The van der Waals surface area contributed by atoms with Crippen molar-refractivity contribution in [3.8, 4) is 0 Å². The first kappa shape index (κ1) is 13.4. The van der Waals surface area contributed by atoms with Crippen LogP contribution in [0.2, 0.25) is 0 Å². The topological polar surface area (TPSA) is 38.9 Å². The van der Waals surface area contributed by atoms with E-state index < -0.39 is 40.7 Å². The molecule has 0 aliphatic heterocycles. The maximum Gasteiger partial charge on any atom is 0.200 e. The maximum atomic E-state index is 13.5. The third kappa shape index (κ3) is 2.17. The summed E-state index contributed by atoms with van der Waals surface area (Å²) in [5, 5.41) is 0. The van der Waals surface area contributed by atoms with Gasteiger partial charge in [0.05, 0.1) is 11.6 Å². The van der Waals surface area contributed by atoms with Crippen molar-refractivity contribution in [2.75, 3.05) is 0 Å². The summed E-state index contributed by atoms with van der Waals surface area (Å²) >= 11 is 0. The smallest absolute Gasteiger partial charge is 0.200 e. The van der Waals surface area contributed by atoms with Gasteiger partial charge in [-0.3, -0.25) is 4.98 Å². The molecule has 1 aromatic carbocycles. The summed E-state index contributed by atoms with van der Waals surface area (Å²) in [5.41, 5.74) is 4.58. The van der Waals surface area contributed by atoms with E-state index in [0.717, 1.165) is 0 Å². The molecule has 100 valence electrons. The highest BCUT2D eigenvalue weighted by molar-refractivity contribution is 5.33. The second-order valence-corrected chi connectivity index (χ2v) is 3.75. The number of pyridine rings is 1. The number of rotatable bonds is 2. The van der Waals surface area contributed by atoms with Gasteiger partial charge < -0.3 is 5.73 Å². The molecule has 1 heterocycles. The van der Waals surface area contributed by atoms with Gasteiger partial charge in [0.15, 0.2) is 23.3 Å². The SMILES string of the molecule is NC(c1cccnc1)c1c(F)c(F)c(F)c(F)c1F. The standard InChI is InChI=1S/C12H7F5N2/c13-7-6(8(14)10(16)11(17)9(7)15)12(18)5-2-1-3-19-4-5/h1-4,12H,18H2. The second-order valence-electron chi connectivity index (χ2n) is 3.75. The summed E-state index contributed by atoms with van der Waals surface area (Å²) in [5.74, 6) is -10.1. The molecule has 2 N–H and O–H groups in total. The molecule has 0 spiro atoms. The minimum Gasteiger partial charge on any atom is -0.320 e. The highest BCUT2D eigenvalue weighted by atomic mass is 19.2. The van der Waals surface area contributed by atoms with Crippen molar-refractivity contribution in [3.63, 3.8) is 0 Å². The van der Waals surface area contributed by atoms with Gasteiger partial charge in [0.25, 0.3) is 0 Å². The summed E-state index contributed by atoms with van der Waals surface area (Å²) in [6.07, 6.45) is 2.57. The average molecular weight is 274 g/mol. The predicted molar refractivity (Wildman–Crippen MR) is 56.5 cm³/mol. The van der Waals surface area contributed by atoms with Crippen LogP contribution in [0.1, 0.15) is 17.2 Å². The van der Waals surface area contributed by atoms with Crippen molar-refractivity contribution in [2.24, 2.45) is 5.73 Å². The van der Waals surface area contributed by atoms with Crippen LogP contribution in [0.5, 0.6) is 0 Å². The Morgan fingerprint density at radius 1 is 0.895 bits per heavy atom. The Bertz CT molecular complexity index is 586. The van der Waals surface area contributed by atoms with E-state index in [0.29, 0.717) is 0 Å². The van der Waals surface area contributed by atoms with E-state index in [-0.39, 0.29) is 5.56 Å². The molecule has 0 aliphatic rings. The number of nitrogens with two attached hydrogens (primary N) is 1. The summed E-state index contributed by atoms with van der Waals surface area (Å²) < 4.78 is 66.0. The first-order chi connectivity index (χ1) is 8.95. The summed E-state index contributed by atoms with van der Waals surface area (Å²) in [6, 6.07) is 1.30. The highest BCUT2D eigenvalue weighted by Gasteiger charge is 2.29. The van der Waals surface area contributed by atoms with Crippen LogP contribution in [0, 0.1) is 29.1 Å². The Kier molecular flexibility index (Phi) is 3.48. The van der Waals surface area contributed by atoms with E-state index in [1.807, 2.05) is 0 Å². The van der Waals surface area contributed by atoms with Gasteiger partial charge in [0.1, 0.15) is 0 Å². The zero-order chi connectivity index (χ0) is 14.2. The van der Waals surface area contributed by atoms with Crippen LogP contribution >= 0.6 is 0 Å². The first-order valence-electron chi connectivity index (χ1n) is 5.12. The molecule has 2 nitrogen and oxygen atoms in total. The Labute approximate surface area is 104 Å². The molecule has 0 amide bonds. The number of aromatic nitrogens is 1. The third-order valence-corrected chi connectivity index (χ3v) is 2.60. The summed E-state index contributed by atoms with van der Waals surface area (Å²) in [6.45, 7) is 0. The lowest BCUT2D eigenvalue weighted by Gasteiger charge is -2.15. The molecule has 1 aromatic heterocycles. The molecule has 2 rings (SSSR count). The summed E-state index contributed by atoms with van der Waals surface area (Å²) in [4.78, 5) is 3.67. The number of benzene rings is 1. The Morgan fingerprint density at radius 3 is 1.89 bits per heavy atom. The maximum absolute atomic E-state index is 13.5. The lowest BCUT2D eigenvalue weighted by Crippen LogP contribution is -2.19. The van der Waals surface area contributed by atoms with Gasteiger partial charge in [-0.25, -0.2) is 22.0 Å². The van der Waals surface area contributed by atoms with E-state index in [4.69, 9.17) is 5.73 Å². The van der Waals surface area contributed by atoms with Crippen molar-refractivity contribution in [2.45, 2.75) is 6.04 Å². The van der Waals surface area contributed by atoms with Crippen molar-refractivity contribution in [3.05, 3.63) is 64.7 Å². The molecule has 19 heavy (non-hydrogen) atoms. The molecular weight excluding hydrogens is 267 g/mol. The van der Waals surface area contributed by atoms with E-state index in [2.05, 4.69) is 4.98 Å². The van der Waals surface area contributed by atoms with Crippen molar-refractivity contribution >= 4 is 0 Å². The molecule has 0 aliphatic carbocycles. The molecule has 0 saturated heterocycles. The number of hydrogen-bond acceptors (Lipinski definition) is 2. The largest absolute Gasteiger partial charge is 0.320 e. The normalized spacial score (nSPS) is 12.5. The van der Waals surface area contributed by atoms with E-state index in [1.54, 1.807) is 0 Å². The molecule has 0 radical (unpaired) electrons. The molecule has 0 fully saturated rings. The zero-order valence-electron chi connectivity index (χ0n) is 9.30. The molecule has 7 heteroatoms. The van der Waals surface area contributed by atoms with Gasteiger partial charge in [-0.1, -0.05) is 6.07 Å². The van der Waals surface area contributed by atoms with Crippen LogP contribution < -0.4 is 5.73 Å². The second kappa shape index (κ2) is 4.93. The number of hydrogen-bond donors (Lipinski definition) is 1. The fourth-order valence-electron chi connectivity index (χ4n) is 1.62. The van der Waals surface area contributed by atoms with Gasteiger partial charge in [-0.15, -0.1) is 0 Å². The monoisotopic (exact) mass is 274 g/mol. The zero-order valence-corrected chi connectivity index (χ0v) is 9.30. The van der Waals surface area contributed by atoms with Crippen LogP contribution in [0.15, 0.2) is 24.5 Å². The van der Waals surface area contributed by atoms with Crippen LogP contribution in [-0.2, 0) is 0 Å². The van der Waals surface area contributed by atoms with Crippen molar-refractivity contribution < 1.29 is 22.0 Å². The molecule has 0 saturated carbocycles. The van der Waals surface area contributed by atoms with Gasteiger partial charge in [0, 0.05) is 12.4 Å². The highest BCUT2D eigenvalue weighted by Crippen LogP contribution is 2.29. The minimum absolute atomic E-state index is 0.130. The van der Waals surface area contributed by atoms with Crippen LogP contribution in [0.3, 0.4) is 0 Å². The minimum atomic E-state index is -2.21. The molecular formula is C12H7F5N2. The average Bonchev–Trinajstić information content (AvgIpc) is 2.44. The Hall–Kier alpha value is -2.02. The fraction of sp³-hybridized carbons (Fsp3) is 0.0833. The number of nitrogens with zero attached hydrogens (tertiary/aromatic N) is 1. The fourth-order valence-corrected chi connectivity index (χ4v) is 1.62. The third-order valence-electron chi connectivity index (χ3n) is 2.60. The summed E-state index contributed by atoms with van der Waals surface area (Å²) in [7, 11) is 0. The van der Waals surface area contributed by atoms with E-state index >= 15 is 0 Å². The predicted octanol–water partition coefficient (Wildman–Crippen LogP) is 2.83. The van der Waals surface area contributed by atoms with Crippen LogP contribution in [0.4, 0.5) is 22.0 Å². The van der Waals surface area contributed by atoms with Gasteiger partial charge in [-0.2, -0.15) is 0 Å². The quantitative estimate of drug-likeness (QED) is 0.519. The van der Waals surface area contributed by atoms with E-state index in [1.165, 1.54) is 24.5 Å². The Morgan fingerprint density at radius 2 is 1.42 bits per heavy atom. The lowest BCUT2D eigenvalue weighted by molar-refractivity contribution is 0.367. The van der Waals surface area contributed by atoms with E-state index in [9.17, 15) is 22.0 Å². The van der Waals surface area contributed by atoms with Gasteiger partial charge >= 0.3 is 0 Å². The number of halogens is 5. The van der Waals surface area contributed by atoms with Gasteiger partial charge in [0.2, 0.25) is 5.82 Å². The Balaban J connectivity index is 2.64. The van der Waals surface area contributed by atoms with Crippen LogP contribution in [-0.4, -0.2) is 4.98 Å². The van der Waals surface area contributed by atoms with Crippen LogP contribution in [0.25, 0.3) is 0 Å². The van der Waals surface area contributed by atoms with Crippen molar-refractivity contribution in [1.29, 1.82) is 0 Å². The lowest BCUT2D eigenvalue weighted by atomic mass is 9.99. The van der Waals surface area contributed by atoms with Gasteiger partial charge in [-0.05, 0) is 11.6 Å². The van der Waals surface area contributed by atoms with Crippen molar-refractivity contribution in [1.82, 2.24) is 4.98 Å². The molecule has 2 aromatic rings. The first-order valence-corrected chi connectivity index (χ1v) is 5.12.